The van der Waals surface area contributed by atoms with Crippen molar-refractivity contribution in [3.8, 4) is 0 Å². The zero-order valence-corrected chi connectivity index (χ0v) is 9.88. The summed E-state index contributed by atoms with van der Waals surface area (Å²) in [5.74, 6) is -2.94. The molecule has 0 aromatic heterocycles. The number of hydrogen-bond donors (Lipinski definition) is 2. The lowest BCUT2D eigenvalue weighted by Crippen LogP contribution is -2.36. The fourth-order valence-corrected chi connectivity index (χ4v) is 2.01. The third kappa shape index (κ3) is 2.46. The summed E-state index contributed by atoms with van der Waals surface area (Å²) in [6.45, 7) is 3.56. The van der Waals surface area contributed by atoms with Gasteiger partial charge in [-0.2, -0.15) is 0 Å². The second kappa shape index (κ2) is 4.99. The standard InChI is InChI=1S/C13H16O4/c1-3-4-8-13(2)9(11(14)15)6-5-7-10(13)12(16)17/h4-9H,3H2,1-2H3,(H,14,15)(H,16,17). The van der Waals surface area contributed by atoms with E-state index in [1.807, 2.05) is 6.92 Å². The smallest absolute Gasteiger partial charge is 0.332 e. The summed E-state index contributed by atoms with van der Waals surface area (Å²) < 4.78 is 0. The highest BCUT2D eigenvalue weighted by Crippen LogP contribution is 2.41. The first-order valence-electron chi connectivity index (χ1n) is 5.46. The Labute approximate surface area is 100.0 Å². The van der Waals surface area contributed by atoms with E-state index < -0.39 is 23.3 Å². The van der Waals surface area contributed by atoms with Crippen LogP contribution in [0, 0.1) is 11.3 Å². The number of allylic oxidation sites excluding steroid dienone is 4. The average molecular weight is 236 g/mol. The molecule has 1 aliphatic rings. The van der Waals surface area contributed by atoms with E-state index in [-0.39, 0.29) is 5.57 Å². The third-order valence-electron chi connectivity index (χ3n) is 2.99. The van der Waals surface area contributed by atoms with Crippen molar-refractivity contribution in [2.24, 2.45) is 11.3 Å². The van der Waals surface area contributed by atoms with Gasteiger partial charge in [0.25, 0.3) is 0 Å². The van der Waals surface area contributed by atoms with Gasteiger partial charge in [0.15, 0.2) is 0 Å². The molecule has 92 valence electrons. The molecule has 2 N–H and O–H groups in total. The van der Waals surface area contributed by atoms with E-state index in [9.17, 15) is 9.59 Å². The Hall–Kier alpha value is -1.84. The first-order valence-corrected chi connectivity index (χ1v) is 5.46. The SMILES string of the molecule is CCC=CC1(C)C(C(=O)O)=CC=CC1C(=O)O. The van der Waals surface area contributed by atoms with Crippen LogP contribution in [-0.2, 0) is 9.59 Å². The number of carboxylic acid groups (broad SMARTS) is 2. The highest BCUT2D eigenvalue weighted by Gasteiger charge is 2.42. The van der Waals surface area contributed by atoms with Crippen LogP contribution >= 0.6 is 0 Å². The Balaban J connectivity index is 3.26. The Morgan fingerprint density at radius 2 is 2.12 bits per heavy atom. The van der Waals surface area contributed by atoms with Crippen LogP contribution in [0.25, 0.3) is 0 Å². The summed E-state index contributed by atoms with van der Waals surface area (Å²) >= 11 is 0. The Morgan fingerprint density at radius 3 is 2.59 bits per heavy atom. The third-order valence-corrected chi connectivity index (χ3v) is 2.99. The molecule has 0 spiro atoms. The largest absolute Gasteiger partial charge is 0.481 e. The van der Waals surface area contributed by atoms with Gasteiger partial charge >= 0.3 is 11.9 Å². The van der Waals surface area contributed by atoms with Crippen molar-refractivity contribution in [1.82, 2.24) is 0 Å². The molecule has 0 bridgehead atoms. The zero-order valence-electron chi connectivity index (χ0n) is 9.88. The molecular weight excluding hydrogens is 220 g/mol. The van der Waals surface area contributed by atoms with Crippen molar-refractivity contribution in [2.45, 2.75) is 20.3 Å². The van der Waals surface area contributed by atoms with Gasteiger partial charge in [-0.05, 0) is 6.42 Å². The van der Waals surface area contributed by atoms with Crippen molar-refractivity contribution >= 4 is 11.9 Å². The predicted octanol–water partition coefficient (Wildman–Crippen LogP) is 2.24. The molecule has 2 unspecified atom stereocenters. The molecule has 0 fully saturated rings. The van der Waals surface area contributed by atoms with E-state index in [0.29, 0.717) is 0 Å². The topological polar surface area (TPSA) is 74.6 Å². The number of carboxylic acids is 2. The normalized spacial score (nSPS) is 28.1. The van der Waals surface area contributed by atoms with E-state index in [0.717, 1.165) is 6.42 Å². The molecule has 4 nitrogen and oxygen atoms in total. The van der Waals surface area contributed by atoms with Gasteiger partial charge in [0.05, 0.1) is 5.92 Å². The number of hydrogen-bond acceptors (Lipinski definition) is 2. The summed E-state index contributed by atoms with van der Waals surface area (Å²) in [7, 11) is 0. The molecule has 1 rings (SSSR count). The Bertz CT molecular complexity index is 417. The minimum Gasteiger partial charge on any atom is -0.481 e. The van der Waals surface area contributed by atoms with Crippen molar-refractivity contribution < 1.29 is 19.8 Å². The molecule has 2 atom stereocenters. The molecule has 0 amide bonds. The lowest BCUT2D eigenvalue weighted by Gasteiger charge is -2.33. The molecule has 1 aliphatic carbocycles. The first-order chi connectivity index (χ1) is 7.93. The summed E-state index contributed by atoms with van der Waals surface area (Å²) in [5, 5.41) is 18.3. The fraction of sp³-hybridized carbons (Fsp3) is 0.385. The Kier molecular flexibility index (Phi) is 3.89. The van der Waals surface area contributed by atoms with Gasteiger partial charge in [0, 0.05) is 11.0 Å². The molecule has 4 heteroatoms. The molecule has 0 radical (unpaired) electrons. The summed E-state index contributed by atoms with van der Waals surface area (Å²) in [4.78, 5) is 22.4. The van der Waals surface area contributed by atoms with Gasteiger partial charge in [-0.15, -0.1) is 0 Å². The highest BCUT2D eigenvalue weighted by atomic mass is 16.4. The van der Waals surface area contributed by atoms with E-state index in [1.54, 1.807) is 19.1 Å². The van der Waals surface area contributed by atoms with Crippen LogP contribution in [0.5, 0.6) is 0 Å². The predicted molar refractivity (Wildman–Crippen MR) is 63.5 cm³/mol. The average Bonchev–Trinajstić information content (AvgIpc) is 2.25. The molecule has 0 heterocycles. The summed E-state index contributed by atoms with van der Waals surface area (Å²) in [6.07, 6.45) is 8.68. The maximum absolute atomic E-state index is 11.2. The van der Waals surface area contributed by atoms with E-state index in [1.165, 1.54) is 18.2 Å². The molecular formula is C13H16O4. The Morgan fingerprint density at radius 1 is 1.47 bits per heavy atom. The van der Waals surface area contributed by atoms with Crippen LogP contribution in [0.3, 0.4) is 0 Å². The first kappa shape index (κ1) is 13.2. The van der Waals surface area contributed by atoms with Crippen molar-refractivity contribution in [1.29, 1.82) is 0 Å². The van der Waals surface area contributed by atoms with Crippen LogP contribution in [-0.4, -0.2) is 22.2 Å². The van der Waals surface area contributed by atoms with Crippen LogP contribution in [0.4, 0.5) is 0 Å². The van der Waals surface area contributed by atoms with E-state index >= 15 is 0 Å². The molecule has 17 heavy (non-hydrogen) atoms. The van der Waals surface area contributed by atoms with Gasteiger partial charge < -0.3 is 10.2 Å². The van der Waals surface area contributed by atoms with E-state index in [4.69, 9.17) is 10.2 Å². The minimum atomic E-state index is -1.08. The maximum Gasteiger partial charge on any atom is 0.332 e. The van der Waals surface area contributed by atoms with Crippen LogP contribution in [0.1, 0.15) is 20.3 Å². The second-order valence-corrected chi connectivity index (χ2v) is 4.18. The summed E-state index contributed by atoms with van der Waals surface area (Å²) in [6, 6.07) is 0. The highest BCUT2D eigenvalue weighted by molar-refractivity contribution is 5.92. The van der Waals surface area contributed by atoms with Gasteiger partial charge in [0.2, 0.25) is 0 Å². The number of aliphatic carboxylic acids is 2. The summed E-state index contributed by atoms with van der Waals surface area (Å²) in [5.41, 5.74) is -0.889. The minimum absolute atomic E-state index is 0.108. The van der Waals surface area contributed by atoms with Crippen LogP contribution in [0.2, 0.25) is 0 Å². The lowest BCUT2D eigenvalue weighted by atomic mass is 9.68. The van der Waals surface area contributed by atoms with Gasteiger partial charge in [0.1, 0.15) is 0 Å². The number of rotatable bonds is 4. The molecule has 0 aromatic rings. The van der Waals surface area contributed by atoms with Crippen LogP contribution in [0.15, 0.2) is 36.0 Å². The van der Waals surface area contributed by atoms with Gasteiger partial charge in [-0.1, -0.05) is 44.2 Å². The van der Waals surface area contributed by atoms with Crippen molar-refractivity contribution in [3.05, 3.63) is 36.0 Å². The molecule has 0 aliphatic heterocycles. The van der Waals surface area contributed by atoms with Crippen molar-refractivity contribution in [2.75, 3.05) is 0 Å². The molecule has 0 saturated heterocycles. The van der Waals surface area contributed by atoms with Crippen molar-refractivity contribution in [3.63, 3.8) is 0 Å². The monoisotopic (exact) mass is 236 g/mol. The van der Waals surface area contributed by atoms with Gasteiger partial charge in [-0.25, -0.2) is 4.79 Å². The number of carbonyl (C=O) groups is 2. The lowest BCUT2D eigenvalue weighted by molar-refractivity contribution is -0.142. The zero-order chi connectivity index (χ0) is 13.1. The molecule has 0 aromatic carbocycles. The maximum atomic E-state index is 11.2. The molecule has 0 saturated carbocycles. The van der Waals surface area contributed by atoms with Gasteiger partial charge in [-0.3, -0.25) is 4.79 Å². The second-order valence-electron chi connectivity index (χ2n) is 4.18. The fourth-order valence-electron chi connectivity index (χ4n) is 2.01. The quantitative estimate of drug-likeness (QED) is 0.734. The van der Waals surface area contributed by atoms with E-state index in [2.05, 4.69) is 0 Å². The van der Waals surface area contributed by atoms with Crippen LogP contribution < -0.4 is 0 Å².